The van der Waals surface area contributed by atoms with Gasteiger partial charge in [-0.15, -0.1) is 0 Å². The Labute approximate surface area is 121 Å². The molecule has 1 aromatic heterocycles. The van der Waals surface area contributed by atoms with Crippen LogP contribution in [0.25, 0.3) is 0 Å². The van der Waals surface area contributed by atoms with Crippen molar-refractivity contribution in [3.63, 3.8) is 0 Å². The van der Waals surface area contributed by atoms with E-state index in [1.807, 2.05) is 4.98 Å². The van der Waals surface area contributed by atoms with Gasteiger partial charge in [0.25, 0.3) is 5.56 Å². The number of benzene rings is 1. The van der Waals surface area contributed by atoms with E-state index < -0.39 is 35.3 Å². The summed E-state index contributed by atoms with van der Waals surface area (Å²) < 4.78 is 38.4. The minimum atomic E-state index is -4.58. The van der Waals surface area contributed by atoms with Gasteiger partial charge in [0.05, 0.1) is 12.0 Å². The van der Waals surface area contributed by atoms with Gasteiger partial charge in [-0.2, -0.15) is 13.2 Å². The number of amides is 1. The van der Waals surface area contributed by atoms with Crippen molar-refractivity contribution in [2.45, 2.75) is 12.6 Å². The first-order chi connectivity index (χ1) is 10.3. The predicted molar refractivity (Wildman–Crippen MR) is 71.5 cm³/mol. The zero-order valence-electron chi connectivity index (χ0n) is 11.0. The normalized spacial score (nSPS) is 11.2. The van der Waals surface area contributed by atoms with Crippen molar-refractivity contribution < 1.29 is 18.0 Å². The van der Waals surface area contributed by atoms with E-state index >= 15 is 0 Å². The molecule has 0 radical (unpaired) electrons. The molecule has 0 aliphatic heterocycles. The molecule has 0 bridgehead atoms. The number of hydrogen-bond donors (Lipinski definition) is 3. The van der Waals surface area contributed by atoms with Gasteiger partial charge in [-0.1, -0.05) is 18.2 Å². The summed E-state index contributed by atoms with van der Waals surface area (Å²) in [5, 5.41) is 2.14. The Hall–Kier alpha value is -2.84. The Kier molecular flexibility index (Phi) is 4.15. The van der Waals surface area contributed by atoms with Crippen molar-refractivity contribution in [1.29, 1.82) is 0 Å². The second-order valence-corrected chi connectivity index (χ2v) is 4.37. The number of nitrogens with one attached hydrogen (secondary N) is 3. The van der Waals surface area contributed by atoms with Crippen LogP contribution in [0.15, 0.2) is 40.1 Å². The predicted octanol–water partition coefficient (Wildman–Crippen LogP) is 1.26. The first-order valence-corrected chi connectivity index (χ1v) is 6.04. The molecule has 0 saturated heterocycles. The molecule has 0 aliphatic rings. The van der Waals surface area contributed by atoms with Gasteiger partial charge in [0.2, 0.25) is 5.91 Å². The Bertz CT molecular complexity index is 808. The molecule has 1 amide bonds. The number of halogens is 3. The van der Waals surface area contributed by atoms with Crippen molar-refractivity contribution >= 4 is 11.6 Å². The zero-order valence-corrected chi connectivity index (χ0v) is 11.0. The highest BCUT2D eigenvalue weighted by atomic mass is 19.4. The van der Waals surface area contributed by atoms with E-state index in [-0.39, 0.29) is 11.3 Å². The molecular formula is C13H10F3N3O3. The van der Waals surface area contributed by atoms with Gasteiger partial charge in [0.15, 0.2) is 0 Å². The van der Waals surface area contributed by atoms with Gasteiger partial charge in [-0.3, -0.25) is 14.6 Å². The van der Waals surface area contributed by atoms with Gasteiger partial charge in [-0.05, 0) is 11.6 Å². The van der Waals surface area contributed by atoms with E-state index in [1.54, 1.807) is 0 Å². The minimum absolute atomic E-state index is 0.214. The molecule has 3 N–H and O–H groups in total. The standard InChI is InChI=1S/C13H10F3N3O3/c14-13(15,16)8-4-2-1-3-7(8)5-10(20)18-9-6-17-12(22)19-11(9)21/h1-4,6H,5H2,(H,18,20)(H2,17,19,21,22). The maximum atomic E-state index is 12.8. The van der Waals surface area contributed by atoms with Crippen molar-refractivity contribution in [3.05, 3.63) is 62.4 Å². The van der Waals surface area contributed by atoms with E-state index in [2.05, 4.69) is 10.3 Å². The van der Waals surface area contributed by atoms with Crippen LogP contribution in [0.3, 0.4) is 0 Å². The smallest absolute Gasteiger partial charge is 0.320 e. The number of carbonyl (C=O) groups is 1. The molecule has 2 aromatic rings. The van der Waals surface area contributed by atoms with E-state index in [0.717, 1.165) is 12.3 Å². The lowest BCUT2D eigenvalue weighted by molar-refractivity contribution is -0.138. The topological polar surface area (TPSA) is 94.8 Å². The Morgan fingerprint density at radius 3 is 2.50 bits per heavy atom. The third kappa shape index (κ3) is 3.62. The number of alkyl halides is 3. The highest BCUT2D eigenvalue weighted by Gasteiger charge is 2.33. The highest BCUT2D eigenvalue weighted by molar-refractivity contribution is 5.92. The van der Waals surface area contributed by atoms with Crippen LogP contribution in [-0.2, 0) is 17.4 Å². The third-order valence-corrected chi connectivity index (χ3v) is 2.77. The number of hydrogen-bond acceptors (Lipinski definition) is 3. The number of aromatic amines is 2. The number of H-pyrrole nitrogens is 2. The fourth-order valence-electron chi connectivity index (χ4n) is 1.82. The van der Waals surface area contributed by atoms with Crippen molar-refractivity contribution in [2.75, 3.05) is 5.32 Å². The fourth-order valence-corrected chi connectivity index (χ4v) is 1.82. The van der Waals surface area contributed by atoms with Crippen LogP contribution in [-0.4, -0.2) is 15.9 Å². The van der Waals surface area contributed by atoms with Gasteiger partial charge in [0, 0.05) is 6.20 Å². The largest absolute Gasteiger partial charge is 0.416 e. The summed E-state index contributed by atoms with van der Waals surface area (Å²) in [5.41, 5.74) is -2.99. The summed E-state index contributed by atoms with van der Waals surface area (Å²) in [6.45, 7) is 0. The number of aromatic nitrogens is 2. The number of anilines is 1. The lowest BCUT2D eigenvalue weighted by atomic mass is 10.0. The Balaban J connectivity index is 2.20. The molecule has 116 valence electrons. The van der Waals surface area contributed by atoms with Crippen LogP contribution in [0.2, 0.25) is 0 Å². The summed E-state index contributed by atoms with van der Waals surface area (Å²) in [7, 11) is 0. The molecule has 0 fully saturated rings. The monoisotopic (exact) mass is 313 g/mol. The second-order valence-electron chi connectivity index (χ2n) is 4.37. The maximum absolute atomic E-state index is 12.8. The lowest BCUT2D eigenvalue weighted by Gasteiger charge is -2.12. The summed E-state index contributed by atoms with van der Waals surface area (Å²) in [6.07, 6.45) is -4.17. The average molecular weight is 313 g/mol. The zero-order chi connectivity index (χ0) is 16.3. The molecule has 1 aromatic carbocycles. The van der Waals surface area contributed by atoms with E-state index in [1.165, 1.54) is 18.2 Å². The molecule has 9 heteroatoms. The fraction of sp³-hybridized carbons (Fsp3) is 0.154. The van der Waals surface area contributed by atoms with E-state index in [9.17, 15) is 27.6 Å². The molecule has 1 heterocycles. The SMILES string of the molecule is O=C(Cc1ccccc1C(F)(F)F)Nc1c[nH]c(=O)[nH]c1=O. The van der Waals surface area contributed by atoms with Crippen LogP contribution in [0.4, 0.5) is 18.9 Å². The molecule has 0 saturated carbocycles. The van der Waals surface area contributed by atoms with Crippen molar-refractivity contribution in [1.82, 2.24) is 9.97 Å². The van der Waals surface area contributed by atoms with Gasteiger partial charge in [0.1, 0.15) is 5.69 Å². The van der Waals surface area contributed by atoms with Gasteiger partial charge in [-0.25, -0.2) is 4.79 Å². The Morgan fingerprint density at radius 2 is 1.86 bits per heavy atom. The van der Waals surface area contributed by atoms with Crippen LogP contribution in [0, 0.1) is 0 Å². The van der Waals surface area contributed by atoms with Crippen LogP contribution >= 0.6 is 0 Å². The molecule has 2 rings (SSSR count). The Morgan fingerprint density at radius 1 is 1.18 bits per heavy atom. The number of rotatable bonds is 3. The minimum Gasteiger partial charge on any atom is -0.320 e. The van der Waals surface area contributed by atoms with Gasteiger partial charge >= 0.3 is 11.9 Å². The molecule has 0 atom stereocenters. The van der Waals surface area contributed by atoms with Crippen LogP contribution < -0.4 is 16.6 Å². The van der Waals surface area contributed by atoms with E-state index in [4.69, 9.17) is 0 Å². The second kappa shape index (κ2) is 5.88. The van der Waals surface area contributed by atoms with Crippen LogP contribution in [0.5, 0.6) is 0 Å². The molecule has 0 unspecified atom stereocenters. The third-order valence-electron chi connectivity index (χ3n) is 2.77. The summed E-state index contributed by atoms with van der Waals surface area (Å²) in [5.74, 6) is -0.811. The van der Waals surface area contributed by atoms with Gasteiger partial charge < -0.3 is 10.3 Å². The quantitative estimate of drug-likeness (QED) is 0.796. The summed E-state index contributed by atoms with van der Waals surface area (Å²) in [6, 6.07) is 4.65. The molecule has 0 spiro atoms. The summed E-state index contributed by atoms with van der Waals surface area (Å²) in [4.78, 5) is 38.0. The first-order valence-electron chi connectivity index (χ1n) is 6.04. The van der Waals surface area contributed by atoms with Crippen molar-refractivity contribution in [3.8, 4) is 0 Å². The maximum Gasteiger partial charge on any atom is 0.416 e. The molecule has 6 nitrogen and oxygen atoms in total. The molecular weight excluding hydrogens is 303 g/mol. The molecule has 0 aliphatic carbocycles. The number of carbonyl (C=O) groups excluding carboxylic acids is 1. The first kappa shape index (κ1) is 15.5. The lowest BCUT2D eigenvalue weighted by Crippen LogP contribution is -2.27. The summed E-state index contributed by atoms with van der Waals surface area (Å²) >= 11 is 0. The van der Waals surface area contributed by atoms with E-state index in [0.29, 0.717) is 0 Å². The van der Waals surface area contributed by atoms with Crippen LogP contribution in [0.1, 0.15) is 11.1 Å². The van der Waals surface area contributed by atoms with Crippen molar-refractivity contribution in [2.24, 2.45) is 0 Å². The molecule has 22 heavy (non-hydrogen) atoms. The highest BCUT2D eigenvalue weighted by Crippen LogP contribution is 2.32. The average Bonchev–Trinajstić information content (AvgIpc) is 2.41.